The van der Waals surface area contributed by atoms with E-state index in [0.717, 1.165) is 38.8 Å². The number of hydrogen-bond donors (Lipinski definition) is 1. The average Bonchev–Trinajstić information content (AvgIpc) is 2.82. The number of likely N-dealkylation sites (N-methyl/N-ethyl adjacent to an activating group) is 1. The lowest BCUT2D eigenvalue weighted by molar-refractivity contribution is 0.378. The molecule has 1 aliphatic heterocycles. The molecule has 1 aliphatic carbocycles. The second-order valence-corrected chi connectivity index (χ2v) is 6.65. The first-order valence-electron chi connectivity index (χ1n) is 5.77. The van der Waals surface area contributed by atoms with Gasteiger partial charge in [-0.05, 0) is 38.6 Å². The molecule has 0 bridgehead atoms. The van der Waals surface area contributed by atoms with Crippen molar-refractivity contribution in [2.24, 2.45) is 5.92 Å². The van der Waals surface area contributed by atoms with E-state index < -0.39 is 10.0 Å². The van der Waals surface area contributed by atoms with Gasteiger partial charge in [0.2, 0.25) is 10.0 Å². The average molecular weight is 269 g/mol. The van der Waals surface area contributed by atoms with Crippen molar-refractivity contribution in [3.8, 4) is 0 Å². The van der Waals surface area contributed by atoms with Crippen LogP contribution in [0.4, 0.5) is 0 Å². The van der Waals surface area contributed by atoms with Gasteiger partial charge >= 0.3 is 0 Å². The van der Waals surface area contributed by atoms with Crippen LogP contribution in [-0.4, -0.2) is 44.7 Å². The van der Waals surface area contributed by atoms with Gasteiger partial charge in [-0.25, -0.2) is 8.42 Å². The fraction of sp³-hybridized carbons (Fsp3) is 1.00. The molecule has 0 aromatic carbocycles. The third-order valence-electron chi connectivity index (χ3n) is 3.26. The second-order valence-electron chi connectivity index (χ2n) is 4.69. The molecule has 1 N–H and O–H groups in total. The van der Waals surface area contributed by atoms with Crippen LogP contribution in [-0.2, 0) is 10.0 Å². The van der Waals surface area contributed by atoms with Crippen LogP contribution < -0.4 is 5.32 Å². The molecule has 2 fully saturated rings. The lowest BCUT2D eigenvalue weighted by Crippen LogP contribution is -2.42. The van der Waals surface area contributed by atoms with Gasteiger partial charge in [-0.15, -0.1) is 12.4 Å². The van der Waals surface area contributed by atoms with Gasteiger partial charge in [0.05, 0.1) is 5.75 Å². The van der Waals surface area contributed by atoms with Crippen molar-refractivity contribution in [2.75, 3.05) is 25.9 Å². The first kappa shape index (κ1) is 14.2. The van der Waals surface area contributed by atoms with Gasteiger partial charge in [-0.2, -0.15) is 4.31 Å². The maximum Gasteiger partial charge on any atom is 0.214 e. The van der Waals surface area contributed by atoms with E-state index in [1.807, 2.05) is 7.05 Å². The van der Waals surface area contributed by atoms with Crippen molar-refractivity contribution in [3.05, 3.63) is 0 Å². The van der Waals surface area contributed by atoms with Gasteiger partial charge in [-0.3, -0.25) is 0 Å². The van der Waals surface area contributed by atoms with Gasteiger partial charge in [0.15, 0.2) is 0 Å². The first-order valence-corrected chi connectivity index (χ1v) is 7.38. The van der Waals surface area contributed by atoms with Crippen LogP contribution in [0.5, 0.6) is 0 Å². The predicted octanol–water partition coefficient (Wildman–Crippen LogP) is 0.832. The molecular formula is C10H21ClN2O2S. The lowest BCUT2D eigenvalue weighted by atomic mass is 10.2. The fourth-order valence-electron chi connectivity index (χ4n) is 2.29. The van der Waals surface area contributed by atoms with E-state index in [4.69, 9.17) is 0 Å². The van der Waals surface area contributed by atoms with Crippen LogP contribution in [0.25, 0.3) is 0 Å². The molecular weight excluding hydrogens is 248 g/mol. The van der Waals surface area contributed by atoms with E-state index in [1.54, 1.807) is 4.31 Å². The smallest absolute Gasteiger partial charge is 0.214 e. The molecule has 0 radical (unpaired) electrons. The highest BCUT2D eigenvalue weighted by Gasteiger charge is 2.37. The Kier molecular flexibility index (Phi) is 5.04. The summed E-state index contributed by atoms with van der Waals surface area (Å²) in [7, 11) is -1.10. The summed E-state index contributed by atoms with van der Waals surface area (Å²) in [6.07, 6.45) is 4.22. The van der Waals surface area contributed by atoms with E-state index in [0.29, 0.717) is 11.7 Å². The minimum absolute atomic E-state index is 0. The maximum absolute atomic E-state index is 12.1. The number of sulfonamides is 1. The molecule has 6 heteroatoms. The van der Waals surface area contributed by atoms with E-state index in [-0.39, 0.29) is 18.4 Å². The van der Waals surface area contributed by atoms with Crippen molar-refractivity contribution in [1.29, 1.82) is 0 Å². The normalized spacial score (nSPS) is 26.7. The molecule has 0 aromatic rings. The molecule has 1 saturated heterocycles. The number of nitrogens with zero attached hydrogens (tertiary/aromatic N) is 1. The van der Waals surface area contributed by atoms with E-state index in [1.165, 1.54) is 0 Å². The van der Waals surface area contributed by atoms with Crippen molar-refractivity contribution in [2.45, 2.75) is 31.7 Å². The zero-order chi connectivity index (χ0) is 10.9. The molecule has 96 valence electrons. The largest absolute Gasteiger partial charge is 0.318 e. The molecule has 1 atom stereocenters. The highest BCUT2D eigenvalue weighted by molar-refractivity contribution is 7.89. The molecule has 1 saturated carbocycles. The van der Waals surface area contributed by atoms with Crippen LogP contribution >= 0.6 is 12.4 Å². The predicted molar refractivity (Wildman–Crippen MR) is 67.4 cm³/mol. The van der Waals surface area contributed by atoms with Crippen molar-refractivity contribution >= 4 is 22.4 Å². The molecule has 1 heterocycles. The van der Waals surface area contributed by atoms with Gasteiger partial charge in [-0.1, -0.05) is 0 Å². The number of rotatable bonds is 5. The Balaban J connectivity index is 0.00000128. The quantitative estimate of drug-likeness (QED) is 0.804. The van der Waals surface area contributed by atoms with Crippen LogP contribution in [0.1, 0.15) is 25.7 Å². The van der Waals surface area contributed by atoms with Crippen molar-refractivity contribution < 1.29 is 8.42 Å². The summed E-state index contributed by atoms with van der Waals surface area (Å²) in [4.78, 5) is 0. The molecule has 16 heavy (non-hydrogen) atoms. The monoisotopic (exact) mass is 268 g/mol. The molecule has 2 rings (SSSR count). The molecule has 4 nitrogen and oxygen atoms in total. The van der Waals surface area contributed by atoms with E-state index in [2.05, 4.69) is 5.32 Å². The Bertz CT molecular complexity index is 317. The van der Waals surface area contributed by atoms with Crippen molar-refractivity contribution in [1.82, 2.24) is 9.62 Å². The standard InChI is InChI=1S/C10H20N2O2S.ClH/c1-11-7-10-3-2-6-12(10)15(13,14)8-9-4-5-9;/h9-11H,2-8H2,1H3;1H. The van der Waals surface area contributed by atoms with Crippen LogP contribution in [0.15, 0.2) is 0 Å². The molecule has 2 aliphatic rings. The third kappa shape index (κ3) is 3.32. The SMILES string of the molecule is CNCC1CCCN1S(=O)(=O)CC1CC1.Cl. The van der Waals surface area contributed by atoms with Crippen LogP contribution in [0, 0.1) is 5.92 Å². The van der Waals surface area contributed by atoms with Gasteiger partial charge in [0.1, 0.15) is 0 Å². The minimum Gasteiger partial charge on any atom is -0.318 e. The number of nitrogens with one attached hydrogen (secondary N) is 1. The van der Waals surface area contributed by atoms with Gasteiger partial charge in [0.25, 0.3) is 0 Å². The summed E-state index contributed by atoms with van der Waals surface area (Å²) < 4.78 is 25.9. The third-order valence-corrected chi connectivity index (χ3v) is 5.35. The minimum atomic E-state index is -2.97. The summed E-state index contributed by atoms with van der Waals surface area (Å²) in [5, 5.41) is 3.07. The Morgan fingerprint density at radius 1 is 1.31 bits per heavy atom. The van der Waals surface area contributed by atoms with E-state index in [9.17, 15) is 8.42 Å². The molecule has 1 unspecified atom stereocenters. The van der Waals surface area contributed by atoms with Crippen molar-refractivity contribution in [3.63, 3.8) is 0 Å². The highest BCUT2D eigenvalue weighted by Crippen LogP contribution is 2.32. The number of halogens is 1. The summed E-state index contributed by atoms with van der Waals surface area (Å²) in [6.45, 7) is 1.51. The van der Waals surface area contributed by atoms with Crippen LogP contribution in [0.2, 0.25) is 0 Å². The lowest BCUT2D eigenvalue weighted by Gasteiger charge is -2.23. The second kappa shape index (κ2) is 5.67. The Labute approximate surface area is 104 Å². The summed E-state index contributed by atoms with van der Waals surface area (Å²) in [5.74, 6) is 0.832. The topological polar surface area (TPSA) is 49.4 Å². The first-order chi connectivity index (χ1) is 7.13. The van der Waals surface area contributed by atoms with Crippen LogP contribution in [0.3, 0.4) is 0 Å². The molecule has 0 aromatic heterocycles. The zero-order valence-corrected chi connectivity index (χ0v) is 11.3. The number of hydrogen-bond acceptors (Lipinski definition) is 3. The summed E-state index contributed by atoms with van der Waals surface area (Å²) in [6, 6.07) is 0.193. The van der Waals surface area contributed by atoms with E-state index >= 15 is 0 Å². The fourth-order valence-corrected chi connectivity index (χ4v) is 4.46. The van der Waals surface area contributed by atoms with Gasteiger partial charge in [0, 0.05) is 19.1 Å². The van der Waals surface area contributed by atoms with Gasteiger partial charge < -0.3 is 5.32 Å². The summed E-state index contributed by atoms with van der Waals surface area (Å²) in [5.41, 5.74) is 0. The maximum atomic E-state index is 12.1. The summed E-state index contributed by atoms with van der Waals surface area (Å²) >= 11 is 0. The Morgan fingerprint density at radius 3 is 2.56 bits per heavy atom. The highest BCUT2D eigenvalue weighted by atomic mass is 35.5. The zero-order valence-electron chi connectivity index (χ0n) is 9.68. The molecule has 0 amide bonds. The Hall–Kier alpha value is 0.160. The molecule has 0 spiro atoms. The Morgan fingerprint density at radius 2 is 2.00 bits per heavy atom.